The molecular formula is C14H17N3O2S. The van der Waals surface area contributed by atoms with Gasteiger partial charge in [-0.3, -0.25) is 4.31 Å². The third-order valence-corrected chi connectivity index (χ3v) is 4.98. The standard InChI is InChI=1S/C14H17N3O2S/c1-3-17(12-8-5-4-7-11(12)2)20(18,19)13-9-6-10-16-14(13)15/h4-10H,3H2,1-2H3,(H2,15,16). The first-order valence-electron chi connectivity index (χ1n) is 6.27. The highest BCUT2D eigenvalue weighted by atomic mass is 32.2. The minimum atomic E-state index is -3.71. The Morgan fingerprint density at radius 3 is 2.50 bits per heavy atom. The number of anilines is 2. The molecule has 5 nitrogen and oxygen atoms in total. The molecule has 1 heterocycles. The van der Waals surface area contributed by atoms with Crippen molar-refractivity contribution in [2.24, 2.45) is 0 Å². The van der Waals surface area contributed by atoms with Crippen molar-refractivity contribution in [3.05, 3.63) is 48.2 Å². The lowest BCUT2D eigenvalue weighted by Crippen LogP contribution is -2.32. The Bertz CT molecular complexity index is 714. The van der Waals surface area contributed by atoms with Gasteiger partial charge < -0.3 is 5.73 Å². The fourth-order valence-electron chi connectivity index (χ4n) is 2.05. The molecule has 0 saturated heterocycles. The molecule has 1 aromatic carbocycles. The van der Waals surface area contributed by atoms with E-state index in [1.807, 2.05) is 25.1 Å². The second-order valence-corrected chi connectivity index (χ2v) is 6.17. The van der Waals surface area contributed by atoms with E-state index < -0.39 is 10.0 Å². The van der Waals surface area contributed by atoms with Crippen LogP contribution in [-0.2, 0) is 10.0 Å². The van der Waals surface area contributed by atoms with E-state index >= 15 is 0 Å². The number of benzene rings is 1. The van der Waals surface area contributed by atoms with E-state index in [2.05, 4.69) is 4.98 Å². The largest absolute Gasteiger partial charge is 0.383 e. The van der Waals surface area contributed by atoms with Gasteiger partial charge in [-0.1, -0.05) is 18.2 Å². The zero-order chi connectivity index (χ0) is 14.8. The lowest BCUT2D eigenvalue weighted by molar-refractivity contribution is 0.592. The van der Waals surface area contributed by atoms with Crippen molar-refractivity contribution in [3.8, 4) is 0 Å². The second kappa shape index (κ2) is 5.50. The van der Waals surface area contributed by atoms with Gasteiger partial charge in [0.2, 0.25) is 0 Å². The second-order valence-electron chi connectivity index (χ2n) is 4.34. The van der Waals surface area contributed by atoms with Gasteiger partial charge in [-0.15, -0.1) is 0 Å². The molecular weight excluding hydrogens is 274 g/mol. The zero-order valence-electron chi connectivity index (χ0n) is 11.4. The summed E-state index contributed by atoms with van der Waals surface area (Å²) < 4.78 is 26.8. The summed E-state index contributed by atoms with van der Waals surface area (Å²) in [5.74, 6) is 0.0135. The minimum Gasteiger partial charge on any atom is -0.383 e. The Balaban J connectivity index is 2.58. The van der Waals surface area contributed by atoms with Crippen LogP contribution in [-0.4, -0.2) is 19.9 Å². The van der Waals surface area contributed by atoms with Crippen LogP contribution in [0.4, 0.5) is 11.5 Å². The number of hydrogen-bond donors (Lipinski definition) is 1. The topological polar surface area (TPSA) is 76.3 Å². The fraction of sp³-hybridized carbons (Fsp3) is 0.214. The first-order valence-corrected chi connectivity index (χ1v) is 7.71. The summed E-state index contributed by atoms with van der Waals surface area (Å²) in [6.07, 6.45) is 1.47. The highest BCUT2D eigenvalue weighted by Gasteiger charge is 2.26. The Morgan fingerprint density at radius 2 is 1.90 bits per heavy atom. The SMILES string of the molecule is CCN(c1ccccc1C)S(=O)(=O)c1cccnc1N. The molecule has 0 bridgehead atoms. The molecule has 0 saturated carbocycles. The van der Waals surface area contributed by atoms with Crippen molar-refractivity contribution in [2.75, 3.05) is 16.6 Å². The van der Waals surface area contributed by atoms with Crippen LogP contribution in [0.2, 0.25) is 0 Å². The molecule has 0 aliphatic carbocycles. The summed E-state index contributed by atoms with van der Waals surface area (Å²) >= 11 is 0. The van der Waals surface area contributed by atoms with Gasteiger partial charge in [0.1, 0.15) is 10.7 Å². The number of nitrogen functional groups attached to an aromatic ring is 1. The first kappa shape index (κ1) is 14.3. The van der Waals surface area contributed by atoms with Gasteiger partial charge in [-0.2, -0.15) is 0 Å². The number of sulfonamides is 1. The van der Waals surface area contributed by atoms with E-state index in [-0.39, 0.29) is 10.7 Å². The van der Waals surface area contributed by atoms with E-state index in [4.69, 9.17) is 5.73 Å². The predicted octanol–water partition coefficient (Wildman–Crippen LogP) is 2.19. The molecule has 0 fully saturated rings. The van der Waals surface area contributed by atoms with Crippen LogP contribution in [0.25, 0.3) is 0 Å². The summed E-state index contributed by atoms with van der Waals surface area (Å²) in [7, 11) is -3.71. The zero-order valence-corrected chi connectivity index (χ0v) is 12.3. The Kier molecular flexibility index (Phi) is 3.94. The monoisotopic (exact) mass is 291 g/mol. The molecule has 2 aromatic rings. The van der Waals surface area contributed by atoms with E-state index in [0.29, 0.717) is 12.2 Å². The number of nitrogens with two attached hydrogens (primary N) is 1. The van der Waals surface area contributed by atoms with Crippen LogP contribution in [0, 0.1) is 6.92 Å². The summed E-state index contributed by atoms with van der Waals surface area (Å²) in [5.41, 5.74) is 7.24. The van der Waals surface area contributed by atoms with Crippen molar-refractivity contribution in [3.63, 3.8) is 0 Å². The number of aryl methyl sites for hydroxylation is 1. The van der Waals surface area contributed by atoms with Crippen molar-refractivity contribution in [2.45, 2.75) is 18.7 Å². The minimum absolute atomic E-state index is 0.0135. The molecule has 0 unspecified atom stereocenters. The highest BCUT2D eigenvalue weighted by molar-refractivity contribution is 7.93. The maximum absolute atomic E-state index is 12.7. The number of para-hydroxylation sites is 1. The molecule has 6 heteroatoms. The quantitative estimate of drug-likeness (QED) is 0.936. The fourth-order valence-corrected chi connectivity index (χ4v) is 3.66. The lowest BCUT2D eigenvalue weighted by Gasteiger charge is -2.24. The van der Waals surface area contributed by atoms with Gasteiger partial charge >= 0.3 is 0 Å². The van der Waals surface area contributed by atoms with Crippen molar-refractivity contribution >= 4 is 21.5 Å². The number of rotatable bonds is 4. The van der Waals surface area contributed by atoms with Gasteiger partial charge in [-0.05, 0) is 37.6 Å². The van der Waals surface area contributed by atoms with Crippen molar-refractivity contribution < 1.29 is 8.42 Å². The van der Waals surface area contributed by atoms with Gasteiger partial charge in [-0.25, -0.2) is 13.4 Å². The molecule has 2 rings (SSSR count). The third-order valence-electron chi connectivity index (χ3n) is 3.04. The van der Waals surface area contributed by atoms with E-state index in [1.165, 1.54) is 16.6 Å². The predicted molar refractivity (Wildman–Crippen MR) is 80.0 cm³/mol. The van der Waals surface area contributed by atoms with Crippen LogP contribution in [0.15, 0.2) is 47.5 Å². The molecule has 0 radical (unpaired) electrons. The highest BCUT2D eigenvalue weighted by Crippen LogP contribution is 2.27. The van der Waals surface area contributed by atoms with Crippen LogP contribution >= 0.6 is 0 Å². The molecule has 20 heavy (non-hydrogen) atoms. The molecule has 0 amide bonds. The maximum atomic E-state index is 12.7. The first-order chi connectivity index (χ1) is 9.48. The molecule has 2 N–H and O–H groups in total. The van der Waals surface area contributed by atoms with Crippen LogP contribution in [0.3, 0.4) is 0 Å². The van der Waals surface area contributed by atoms with Crippen LogP contribution < -0.4 is 10.0 Å². The van der Waals surface area contributed by atoms with Crippen LogP contribution in [0.5, 0.6) is 0 Å². The number of nitrogens with zero attached hydrogens (tertiary/aromatic N) is 2. The molecule has 0 aliphatic rings. The Labute approximate surface area is 119 Å². The lowest BCUT2D eigenvalue weighted by atomic mass is 10.2. The molecule has 0 spiro atoms. The average molecular weight is 291 g/mol. The number of pyridine rings is 1. The Morgan fingerprint density at radius 1 is 1.20 bits per heavy atom. The van der Waals surface area contributed by atoms with E-state index in [0.717, 1.165) is 5.56 Å². The van der Waals surface area contributed by atoms with Gasteiger partial charge in [0.05, 0.1) is 5.69 Å². The summed E-state index contributed by atoms with van der Waals surface area (Å²) in [6, 6.07) is 10.4. The summed E-state index contributed by atoms with van der Waals surface area (Å²) in [5, 5.41) is 0. The number of aromatic nitrogens is 1. The molecule has 106 valence electrons. The average Bonchev–Trinajstić information content (AvgIpc) is 2.42. The van der Waals surface area contributed by atoms with E-state index in [9.17, 15) is 8.42 Å². The summed E-state index contributed by atoms with van der Waals surface area (Å²) in [6.45, 7) is 3.98. The molecule has 0 atom stereocenters. The van der Waals surface area contributed by atoms with Crippen LogP contribution in [0.1, 0.15) is 12.5 Å². The smallest absolute Gasteiger partial charge is 0.267 e. The molecule has 0 aliphatic heterocycles. The normalized spacial score (nSPS) is 11.3. The molecule has 1 aromatic heterocycles. The number of hydrogen-bond acceptors (Lipinski definition) is 4. The van der Waals surface area contributed by atoms with Crippen molar-refractivity contribution in [1.82, 2.24) is 4.98 Å². The van der Waals surface area contributed by atoms with Crippen molar-refractivity contribution in [1.29, 1.82) is 0 Å². The Hall–Kier alpha value is -2.08. The van der Waals surface area contributed by atoms with Gasteiger partial charge in [0.15, 0.2) is 0 Å². The van der Waals surface area contributed by atoms with Gasteiger partial charge in [0.25, 0.3) is 10.0 Å². The summed E-state index contributed by atoms with van der Waals surface area (Å²) in [4.78, 5) is 3.88. The third kappa shape index (κ3) is 2.46. The van der Waals surface area contributed by atoms with Gasteiger partial charge in [0, 0.05) is 12.7 Å². The van der Waals surface area contributed by atoms with E-state index in [1.54, 1.807) is 19.1 Å². The maximum Gasteiger partial charge on any atom is 0.267 e.